The quantitative estimate of drug-likeness (QED) is 0.719. The molecule has 0 heterocycles. The summed E-state index contributed by atoms with van der Waals surface area (Å²) in [6.45, 7) is 0.288. The van der Waals surface area contributed by atoms with E-state index in [-0.39, 0.29) is 6.61 Å². The van der Waals surface area contributed by atoms with Crippen LogP contribution in [0.3, 0.4) is 0 Å². The van der Waals surface area contributed by atoms with Gasteiger partial charge in [0.25, 0.3) is 0 Å². The molecule has 0 spiro atoms. The highest BCUT2D eigenvalue weighted by Gasteiger charge is 1.96. The molecule has 0 unspecified atom stereocenters. The summed E-state index contributed by atoms with van der Waals surface area (Å²) in [7, 11) is 0. The Morgan fingerprint density at radius 1 is 1.13 bits per heavy atom. The van der Waals surface area contributed by atoms with E-state index in [0.717, 1.165) is 12.8 Å². The van der Waals surface area contributed by atoms with Gasteiger partial charge in [-0.15, -0.1) is 0 Å². The molecule has 0 radical (unpaired) electrons. The predicted molar refractivity (Wildman–Crippen MR) is 68.6 cm³/mol. The van der Waals surface area contributed by atoms with Gasteiger partial charge in [0.2, 0.25) is 0 Å². The summed E-state index contributed by atoms with van der Waals surface area (Å²) in [6, 6.07) is 8.74. The maximum atomic E-state index is 8.77. The third-order valence-corrected chi connectivity index (χ3v) is 3.13. The van der Waals surface area contributed by atoms with E-state index in [1.807, 2.05) is 11.8 Å². The van der Waals surface area contributed by atoms with Crippen molar-refractivity contribution in [3.8, 4) is 0 Å². The van der Waals surface area contributed by atoms with E-state index in [0.29, 0.717) is 0 Å². The van der Waals surface area contributed by atoms with Gasteiger partial charge < -0.3 is 5.11 Å². The average Bonchev–Trinajstić information content (AvgIpc) is 2.27. The largest absolute Gasteiger partial charge is 0.396 e. The topological polar surface area (TPSA) is 20.2 Å². The lowest BCUT2D eigenvalue weighted by Crippen LogP contribution is -1.92. The van der Waals surface area contributed by atoms with Gasteiger partial charge in [0.1, 0.15) is 0 Å². The summed E-state index contributed by atoms with van der Waals surface area (Å²) >= 11 is 1.91. The molecule has 84 valence electrons. The third kappa shape index (κ3) is 5.24. The lowest BCUT2D eigenvalue weighted by atomic mass is 10.0. The highest BCUT2D eigenvalue weighted by atomic mass is 32.2. The zero-order valence-electron chi connectivity index (χ0n) is 9.41. The molecule has 1 N–H and O–H groups in total. The van der Waals surface area contributed by atoms with Crippen molar-refractivity contribution >= 4 is 11.8 Å². The Morgan fingerprint density at radius 2 is 1.80 bits per heavy atom. The number of thioether (sulfide) groups is 1. The molecule has 1 nitrogen and oxygen atoms in total. The van der Waals surface area contributed by atoms with Crippen LogP contribution in [0.25, 0.3) is 0 Å². The fourth-order valence-electron chi connectivity index (χ4n) is 1.64. The Labute approximate surface area is 96.9 Å². The monoisotopic (exact) mass is 224 g/mol. The lowest BCUT2D eigenvalue weighted by molar-refractivity contribution is 0.288. The average molecular weight is 224 g/mol. The normalized spacial score (nSPS) is 10.5. The van der Waals surface area contributed by atoms with Gasteiger partial charge in [-0.2, -0.15) is 11.8 Å². The first-order valence-corrected chi connectivity index (χ1v) is 6.94. The minimum Gasteiger partial charge on any atom is -0.396 e. The molecule has 0 aliphatic carbocycles. The molecule has 0 saturated heterocycles. The van der Waals surface area contributed by atoms with Crippen LogP contribution in [0, 0.1) is 0 Å². The van der Waals surface area contributed by atoms with Crippen LogP contribution >= 0.6 is 11.8 Å². The van der Waals surface area contributed by atoms with E-state index < -0.39 is 0 Å². The number of aliphatic hydroxyl groups is 1. The Bertz CT molecular complexity index is 273. The SMILES string of the molecule is CSCCCc1cccc(CCCO)c1. The minimum absolute atomic E-state index is 0.288. The van der Waals surface area contributed by atoms with Gasteiger partial charge in [0.15, 0.2) is 0 Å². The summed E-state index contributed by atoms with van der Waals surface area (Å²) in [5, 5.41) is 8.77. The van der Waals surface area contributed by atoms with Gasteiger partial charge >= 0.3 is 0 Å². The number of rotatable bonds is 7. The van der Waals surface area contributed by atoms with Crippen molar-refractivity contribution in [1.29, 1.82) is 0 Å². The summed E-state index contributed by atoms with van der Waals surface area (Å²) in [4.78, 5) is 0. The summed E-state index contributed by atoms with van der Waals surface area (Å²) < 4.78 is 0. The second-order valence-corrected chi connectivity index (χ2v) is 4.73. The zero-order valence-corrected chi connectivity index (χ0v) is 10.2. The van der Waals surface area contributed by atoms with E-state index in [1.165, 1.54) is 29.7 Å². The van der Waals surface area contributed by atoms with Crippen LogP contribution in [0.15, 0.2) is 24.3 Å². The van der Waals surface area contributed by atoms with Crippen molar-refractivity contribution in [2.45, 2.75) is 25.7 Å². The third-order valence-electron chi connectivity index (χ3n) is 2.43. The van der Waals surface area contributed by atoms with Crippen LogP contribution in [0.2, 0.25) is 0 Å². The van der Waals surface area contributed by atoms with E-state index in [9.17, 15) is 0 Å². The van der Waals surface area contributed by atoms with Crippen LogP contribution < -0.4 is 0 Å². The maximum absolute atomic E-state index is 8.77. The molecule has 0 atom stereocenters. The molecule has 1 aromatic carbocycles. The van der Waals surface area contributed by atoms with Crippen LogP contribution in [-0.2, 0) is 12.8 Å². The highest BCUT2D eigenvalue weighted by Crippen LogP contribution is 2.10. The molecule has 1 aromatic rings. The summed E-state index contributed by atoms with van der Waals surface area (Å²) in [6.07, 6.45) is 6.44. The first-order valence-electron chi connectivity index (χ1n) is 5.54. The fraction of sp³-hybridized carbons (Fsp3) is 0.538. The molecule has 0 amide bonds. The molecule has 2 heteroatoms. The van der Waals surface area contributed by atoms with Crippen LogP contribution in [-0.4, -0.2) is 23.7 Å². The fourth-order valence-corrected chi connectivity index (χ4v) is 2.08. The molecular formula is C13H20OS. The van der Waals surface area contributed by atoms with E-state index in [4.69, 9.17) is 5.11 Å². The van der Waals surface area contributed by atoms with Crippen molar-refractivity contribution in [3.63, 3.8) is 0 Å². The lowest BCUT2D eigenvalue weighted by Gasteiger charge is -2.04. The number of aryl methyl sites for hydroxylation is 2. The summed E-state index contributed by atoms with van der Waals surface area (Å²) in [5.41, 5.74) is 2.78. The number of aliphatic hydroxyl groups excluding tert-OH is 1. The van der Waals surface area contributed by atoms with Gasteiger partial charge in [-0.05, 0) is 48.8 Å². The van der Waals surface area contributed by atoms with Gasteiger partial charge in [-0.25, -0.2) is 0 Å². The Balaban J connectivity index is 2.42. The van der Waals surface area contributed by atoms with Crippen molar-refractivity contribution in [3.05, 3.63) is 35.4 Å². The zero-order chi connectivity index (χ0) is 10.9. The standard InChI is InChI=1S/C13H20OS/c1-15-10-4-8-13-6-2-5-12(11-13)7-3-9-14/h2,5-6,11,14H,3-4,7-10H2,1H3. The second kappa shape index (κ2) is 7.77. The van der Waals surface area contributed by atoms with Crippen molar-refractivity contribution in [1.82, 2.24) is 0 Å². The van der Waals surface area contributed by atoms with Crippen LogP contribution in [0.5, 0.6) is 0 Å². The van der Waals surface area contributed by atoms with Crippen LogP contribution in [0.1, 0.15) is 24.0 Å². The Kier molecular flexibility index (Phi) is 6.53. The Morgan fingerprint density at radius 3 is 2.40 bits per heavy atom. The van der Waals surface area contributed by atoms with E-state index in [1.54, 1.807) is 0 Å². The first kappa shape index (κ1) is 12.6. The van der Waals surface area contributed by atoms with Crippen molar-refractivity contribution in [2.24, 2.45) is 0 Å². The highest BCUT2D eigenvalue weighted by molar-refractivity contribution is 7.98. The minimum atomic E-state index is 0.288. The molecular weight excluding hydrogens is 204 g/mol. The second-order valence-electron chi connectivity index (χ2n) is 3.74. The first-order chi connectivity index (χ1) is 7.36. The predicted octanol–water partition coefficient (Wildman–Crippen LogP) is 2.91. The molecule has 0 aromatic heterocycles. The maximum Gasteiger partial charge on any atom is 0.0434 e. The number of benzene rings is 1. The van der Waals surface area contributed by atoms with E-state index in [2.05, 4.69) is 30.5 Å². The smallest absolute Gasteiger partial charge is 0.0434 e. The van der Waals surface area contributed by atoms with Crippen molar-refractivity contribution in [2.75, 3.05) is 18.6 Å². The molecule has 1 rings (SSSR count). The van der Waals surface area contributed by atoms with Crippen molar-refractivity contribution < 1.29 is 5.11 Å². The molecule has 0 fully saturated rings. The van der Waals surface area contributed by atoms with Gasteiger partial charge in [0, 0.05) is 6.61 Å². The molecule has 0 aliphatic heterocycles. The molecule has 0 aliphatic rings. The molecule has 15 heavy (non-hydrogen) atoms. The van der Waals surface area contributed by atoms with E-state index >= 15 is 0 Å². The van der Waals surface area contributed by atoms with Gasteiger partial charge in [-0.1, -0.05) is 24.3 Å². The van der Waals surface area contributed by atoms with Gasteiger partial charge in [0.05, 0.1) is 0 Å². The number of hydrogen-bond donors (Lipinski definition) is 1. The summed E-state index contributed by atoms with van der Waals surface area (Å²) in [5.74, 6) is 1.24. The van der Waals surface area contributed by atoms with Crippen LogP contribution in [0.4, 0.5) is 0 Å². The Hall–Kier alpha value is -0.470. The molecule has 0 saturated carbocycles. The number of hydrogen-bond acceptors (Lipinski definition) is 2. The van der Waals surface area contributed by atoms with Gasteiger partial charge in [-0.3, -0.25) is 0 Å². The molecule has 0 bridgehead atoms.